The van der Waals surface area contributed by atoms with Crippen LogP contribution < -0.4 is 10.2 Å². The van der Waals surface area contributed by atoms with E-state index in [0.717, 1.165) is 19.6 Å². The van der Waals surface area contributed by atoms with E-state index in [1.54, 1.807) is 11.8 Å². The largest absolute Gasteiger partial charge is 0.370 e. The lowest BCUT2D eigenvalue weighted by molar-refractivity contribution is 0.420. The van der Waals surface area contributed by atoms with E-state index in [0.29, 0.717) is 12.0 Å². The van der Waals surface area contributed by atoms with Crippen LogP contribution in [0.2, 0.25) is 0 Å². The summed E-state index contributed by atoms with van der Waals surface area (Å²) in [6.07, 6.45) is 3.35. The van der Waals surface area contributed by atoms with Gasteiger partial charge in [-0.3, -0.25) is 0 Å². The molecule has 1 unspecified atom stereocenters. The lowest BCUT2D eigenvalue weighted by Crippen LogP contribution is -2.41. The quantitative estimate of drug-likeness (QED) is 0.844. The summed E-state index contributed by atoms with van der Waals surface area (Å²) >= 11 is 1.80. The number of benzene rings is 1. The molecule has 1 aliphatic rings. The predicted molar refractivity (Wildman–Crippen MR) is 81.7 cm³/mol. The van der Waals surface area contributed by atoms with Crippen molar-refractivity contribution in [3.05, 3.63) is 24.3 Å². The highest BCUT2D eigenvalue weighted by Gasteiger charge is 2.20. The van der Waals surface area contributed by atoms with Crippen molar-refractivity contribution in [3.63, 3.8) is 0 Å². The molecule has 2 rings (SSSR count). The van der Waals surface area contributed by atoms with Crippen molar-refractivity contribution >= 4 is 17.4 Å². The summed E-state index contributed by atoms with van der Waals surface area (Å²) in [5.41, 5.74) is 1.36. The number of thioether (sulfide) groups is 1. The van der Waals surface area contributed by atoms with Crippen LogP contribution in [0.15, 0.2) is 29.2 Å². The van der Waals surface area contributed by atoms with E-state index in [4.69, 9.17) is 0 Å². The second-order valence-electron chi connectivity index (χ2n) is 5.30. The van der Waals surface area contributed by atoms with E-state index in [-0.39, 0.29) is 0 Å². The van der Waals surface area contributed by atoms with Crippen molar-refractivity contribution in [2.75, 3.05) is 30.8 Å². The van der Waals surface area contributed by atoms with E-state index < -0.39 is 0 Å². The molecule has 1 N–H and O–H groups in total. The Labute approximate surface area is 115 Å². The molecule has 1 aromatic carbocycles. The van der Waals surface area contributed by atoms with Crippen LogP contribution in [0.25, 0.3) is 0 Å². The number of nitrogens with zero attached hydrogens (tertiary/aromatic N) is 1. The third-order valence-corrected chi connectivity index (χ3v) is 4.41. The minimum absolute atomic E-state index is 0.604. The lowest BCUT2D eigenvalue weighted by atomic mass is 10.0. The maximum Gasteiger partial charge on any atom is 0.0367 e. The van der Waals surface area contributed by atoms with Crippen LogP contribution in [0.5, 0.6) is 0 Å². The molecular formula is C15H24N2S. The third-order valence-electron chi connectivity index (χ3n) is 3.67. The van der Waals surface area contributed by atoms with Gasteiger partial charge < -0.3 is 10.2 Å². The van der Waals surface area contributed by atoms with Crippen LogP contribution in [0.1, 0.15) is 20.3 Å². The average Bonchev–Trinajstić information content (AvgIpc) is 2.65. The molecule has 2 nitrogen and oxygen atoms in total. The maximum absolute atomic E-state index is 3.66. The first-order valence-electron chi connectivity index (χ1n) is 6.83. The summed E-state index contributed by atoms with van der Waals surface area (Å²) in [6, 6.07) is 9.57. The highest BCUT2D eigenvalue weighted by molar-refractivity contribution is 7.98. The molecule has 0 aliphatic carbocycles. The first-order chi connectivity index (χ1) is 8.70. The van der Waals surface area contributed by atoms with Crippen molar-refractivity contribution < 1.29 is 0 Å². The zero-order valence-corrected chi connectivity index (χ0v) is 12.5. The Kier molecular flexibility index (Phi) is 4.95. The SMILES string of the molecule is CSc1ccc(N2CCCNC(C(C)C)C2)cc1. The number of hydrogen-bond donors (Lipinski definition) is 1. The molecule has 18 heavy (non-hydrogen) atoms. The maximum atomic E-state index is 3.66. The van der Waals surface area contributed by atoms with E-state index in [1.807, 2.05) is 0 Å². The van der Waals surface area contributed by atoms with E-state index in [2.05, 4.69) is 54.6 Å². The molecule has 1 fully saturated rings. The third kappa shape index (κ3) is 3.42. The first kappa shape index (κ1) is 13.8. The summed E-state index contributed by atoms with van der Waals surface area (Å²) in [4.78, 5) is 3.86. The molecule has 100 valence electrons. The van der Waals surface area contributed by atoms with Crippen LogP contribution in [-0.4, -0.2) is 31.9 Å². The average molecular weight is 264 g/mol. The van der Waals surface area contributed by atoms with Crippen LogP contribution in [0, 0.1) is 5.92 Å². The van der Waals surface area contributed by atoms with Gasteiger partial charge in [-0.05, 0) is 49.4 Å². The second-order valence-corrected chi connectivity index (χ2v) is 6.18. The summed E-state index contributed by atoms with van der Waals surface area (Å²) < 4.78 is 0. The van der Waals surface area contributed by atoms with Crippen molar-refractivity contribution in [1.82, 2.24) is 5.32 Å². The van der Waals surface area contributed by atoms with Gasteiger partial charge in [0.05, 0.1) is 0 Å². The van der Waals surface area contributed by atoms with Crippen molar-refractivity contribution in [3.8, 4) is 0 Å². The second kappa shape index (κ2) is 6.48. The minimum Gasteiger partial charge on any atom is -0.370 e. The van der Waals surface area contributed by atoms with Crippen molar-refractivity contribution in [2.45, 2.75) is 31.2 Å². The monoisotopic (exact) mass is 264 g/mol. The highest BCUT2D eigenvalue weighted by Crippen LogP contribution is 2.22. The zero-order chi connectivity index (χ0) is 13.0. The Morgan fingerprint density at radius 3 is 2.61 bits per heavy atom. The summed E-state index contributed by atoms with van der Waals surface area (Å²) in [6.45, 7) is 8.03. The molecule has 3 heteroatoms. The molecule has 1 aliphatic heterocycles. The molecule has 1 atom stereocenters. The fraction of sp³-hybridized carbons (Fsp3) is 0.600. The van der Waals surface area contributed by atoms with Gasteiger partial charge in [-0.1, -0.05) is 13.8 Å². The molecule has 0 saturated carbocycles. The summed E-state index contributed by atoms with van der Waals surface area (Å²) in [5.74, 6) is 0.691. The standard InChI is InChI=1S/C15H24N2S/c1-12(2)15-11-17(10-4-9-16-15)13-5-7-14(18-3)8-6-13/h5-8,12,15-16H,4,9-11H2,1-3H3. The molecule has 1 heterocycles. The van der Waals surface area contributed by atoms with Gasteiger partial charge in [0, 0.05) is 29.7 Å². The minimum atomic E-state index is 0.604. The smallest absolute Gasteiger partial charge is 0.0367 e. The molecule has 0 aromatic heterocycles. The summed E-state index contributed by atoms with van der Waals surface area (Å²) in [5, 5.41) is 3.66. The fourth-order valence-corrected chi connectivity index (χ4v) is 2.83. The van der Waals surface area contributed by atoms with Gasteiger partial charge in [0.25, 0.3) is 0 Å². The van der Waals surface area contributed by atoms with E-state index in [1.165, 1.54) is 17.0 Å². The van der Waals surface area contributed by atoms with Gasteiger partial charge in [0.2, 0.25) is 0 Å². The molecule has 0 bridgehead atoms. The molecule has 0 spiro atoms. The van der Waals surface area contributed by atoms with Crippen LogP contribution in [-0.2, 0) is 0 Å². The molecular weight excluding hydrogens is 240 g/mol. The number of rotatable bonds is 3. The molecule has 0 radical (unpaired) electrons. The Hall–Kier alpha value is -0.670. The predicted octanol–water partition coefficient (Wildman–Crippen LogP) is 3.23. The Morgan fingerprint density at radius 1 is 1.28 bits per heavy atom. The molecule has 0 amide bonds. The topological polar surface area (TPSA) is 15.3 Å². The Bertz CT molecular complexity index is 361. The van der Waals surface area contributed by atoms with Gasteiger partial charge in [0.15, 0.2) is 0 Å². The Morgan fingerprint density at radius 2 is 2.00 bits per heavy atom. The number of anilines is 1. The van der Waals surface area contributed by atoms with Gasteiger partial charge in [0.1, 0.15) is 0 Å². The van der Waals surface area contributed by atoms with Crippen molar-refractivity contribution in [2.24, 2.45) is 5.92 Å². The van der Waals surface area contributed by atoms with Gasteiger partial charge in [-0.2, -0.15) is 0 Å². The molecule has 1 saturated heterocycles. The van der Waals surface area contributed by atoms with Crippen LogP contribution >= 0.6 is 11.8 Å². The van der Waals surface area contributed by atoms with Gasteiger partial charge in [-0.15, -0.1) is 11.8 Å². The van der Waals surface area contributed by atoms with E-state index in [9.17, 15) is 0 Å². The van der Waals surface area contributed by atoms with Gasteiger partial charge >= 0.3 is 0 Å². The van der Waals surface area contributed by atoms with Gasteiger partial charge in [-0.25, -0.2) is 0 Å². The van der Waals surface area contributed by atoms with Crippen LogP contribution in [0.4, 0.5) is 5.69 Å². The Balaban J connectivity index is 2.09. The lowest BCUT2D eigenvalue weighted by Gasteiger charge is -2.28. The number of hydrogen-bond acceptors (Lipinski definition) is 3. The van der Waals surface area contributed by atoms with Crippen molar-refractivity contribution in [1.29, 1.82) is 0 Å². The fourth-order valence-electron chi connectivity index (χ4n) is 2.42. The molecule has 1 aromatic rings. The first-order valence-corrected chi connectivity index (χ1v) is 8.05. The van der Waals surface area contributed by atoms with Crippen LogP contribution in [0.3, 0.4) is 0 Å². The number of nitrogens with one attached hydrogen (secondary N) is 1. The highest BCUT2D eigenvalue weighted by atomic mass is 32.2. The summed E-state index contributed by atoms with van der Waals surface area (Å²) in [7, 11) is 0. The zero-order valence-electron chi connectivity index (χ0n) is 11.6. The van der Waals surface area contributed by atoms with E-state index >= 15 is 0 Å². The normalized spacial score (nSPS) is 21.1.